The van der Waals surface area contributed by atoms with Crippen LogP contribution in [-0.2, 0) is 20.7 Å². The summed E-state index contributed by atoms with van der Waals surface area (Å²) in [5.74, 6) is -0.243. The van der Waals surface area contributed by atoms with E-state index >= 15 is 0 Å². The molecule has 2 rings (SSSR count). The molecule has 0 aliphatic rings. The van der Waals surface area contributed by atoms with E-state index in [1.54, 1.807) is 30.3 Å². The van der Waals surface area contributed by atoms with E-state index in [2.05, 4.69) is 12.2 Å². The summed E-state index contributed by atoms with van der Waals surface area (Å²) in [5, 5.41) is 11.4. The fourth-order valence-electron chi connectivity index (χ4n) is 2.14. The zero-order chi connectivity index (χ0) is 19.5. The lowest BCUT2D eigenvalue weighted by atomic mass is 10.2. The zero-order valence-electron chi connectivity index (χ0n) is 14.9. The third-order valence-corrected chi connectivity index (χ3v) is 4.45. The van der Waals surface area contributed by atoms with Gasteiger partial charge in [-0.1, -0.05) is 31.2 Å². The van der Waals surface area contributed by atoms with Gasteiger partial charge in [-0.15, -0.1) is 11.8 Å². The van der Waals surface area contributed by atoms with E-state index in [1.807, 2.05) is 24.3 Å². The number of amides is 1. The third-order valence-electron chi connectivity index (χ3n) is 3.51. The molecule has 6 nitrogen and oxygen atoms in total. The fraction of sp³-hybridized carbons (Fsp3) is 0.250. The van der Waals surface area contributed by atoms with E-state index in [-0.39, 0.29) is 12.4 Å². The molecule has 2 aromatic rings. The van der Waals surface area contributed by atoms with Crippen LogP contribution in [0.3, 0.4) is 0 Å². The number of nitriles is 1. The number of hydrogen-bond acceptors (Lipinski definition) is 6. The van der Waals surface area contributed by atoms with Gasteiger partial charge in [0.25, 0.3) is 5.91 Å². The Balaban J connectivity index is 1.76. The van der Waals surface area contributed by atoms with Crippen molar-refractivity contribution < 1.29 is 19.1 Å². The topological polar surface area (TPSA) is 88.4 Å². The van der Waals surface area contributed by atoms with Crippen LogP contribution in [0, 0.1) is 11.3 Å². The van der Waals surface area contributed by atoms with E-state index in [0.29, 0.717) is 11.4 Å². The van der Waals surface area contributed by atoms with Crippen molar-refractivity contribution in [2.24, 2.45) is 0 Å². The number of thioether (sulfide) groups is 1. The second-order valence-corrected chi connectivity index (χ2v) is 6.46. The molecule has 1 N–H and O–H groups in total. The van der Waals surface area contributed by atoms with Crippen LogP contribution in [0.5, 0.6) is 5.75 Å². The summed E-state index contributed by atoms with van der Waals surface area (Å²) in [5.41, 5.74) is 1.75. The molecule has 0 unspecified atom stereocenters. The molecule has 0 heterocycles. The summed E-state index contributed by atoms with van der Waals surface area (Å²) in [6.07, 6.45) is 0.926. The van der Waals surface area contributed by atoms with Gasteiger partial charge in [0.15, 0.2) is 13.2 Å². The molecule has 0 aliphatic heterocycles. The van der Waals surface area contributed by atoms with Gasteiger partial charge in [-0.2, -0.15) is 5.26 Å². The maximum absolute atomic E-state index is 12.0. The van der Waals surface area contributed by atoms with Crippen molar-refractivity contribution in [1.29, 1.82) is 5.26 Å². The molecule has 2 aromatic carbocycles. The number of ether oxygens (including phenoxy) is 2. The lowest BCUT2D eigenvalue weighted by molar-refractivity contribution is -0.149. The van der Waals surface area contributed by atoms with Crippen molar-refractivity contribution in [3.63, 3.8) is 0 Å². The van der Waals surface area contributed by atoms with Crippen molar-refractivity contribution in [2.45, 2.75) is 18.2 Å². The van der Waals surface area contributed by atoms with Gasteiger partial charge in [-0.05, 0) is 36.2 Å². The molecule has 140 valence electrons. The number of nitrogens with one attached hydrogen (secondary N) is 1. The predicted molar refractivity (Wildman–Crippen MR) is 104 cm³/mol. The van der Waals surface area contributed by atoms with Gasteiger partial charge in [0, 0.05) is 4.90 Å². The van der Waals surface area contributed by atoms with Crippen LogP contribution in [0.1, 0.15) is 12.5 Å². The highest BCUT2D eigenvalue weighted by Gasteiger charge is 2.11. The molecule has 0 aliphatic carbocycles. The Morgan fingerprint density at radius 2 is 1.85 bits per heavy atom. The number of carbonyl (C=O) groups excluding carboxylic acids is 2. The van der Waals surface area contributed by atoms with E-state index in [9.17, 15) is 9.59 Å². The molecule has 0 spiro atoms. The zero-order valence-corrected chi connectivity index (χ0v) is 15.8. The number of aryl methyl sites for hydroxylation is 1. The van der Waals surface area contributed by atoms with Gasteiger partial charge in [-0.25, -0.2) is 4.79 Å². The number of para-hydroxylation sites is 1. The summed E-state index contributed by atoms with van der Waals surface area (Å²) in [6, 6.07) is 16.6. The molecule has 0 atom stereocenters. The highest BCUT2D eigenvalue weighted by Crippen LogP contribution is 2.26. The van der Waals surface area contributed by atoms with Gasteiger partial charge in [0.2, 0.25) is 0 Å². The first-order chi connectivity index (χ1) is 13.1. The molecule has 1 amide bonds. The van der Waals surface area contributed by atoms with Crippen LogP contribution in [0.25, 0.3) is 0 Å². The van der Waals surface area contributed by atoms with Gasteiger partial charge < -0.3 is 14.8 Å². The number of nitrogens with zero attached hydrogens (tertiary/aromatic N) is 1. The lowest BCUT2D eigenvalue weighted by Crippen LogP contribution is -2.23. The van der Waals surface area contributed by atoms with Crippen molar-refractivity contribution in [3.05, 3.63) is 54.1 Å². The second kappa shape index (κ2) is 10.9. The van der Waals surface area contributed by atoms with Crippen molar-refractivity contribution in [3.8, 4) is 11.8 Å². The fourth-order valence-corrected chi connectivity index (χ4v) is 2.81. The van der Waals surface area contributed by atoms with E-state index in [0.717, 1.165) is 11.3 Å². The number of benzene rings is 2. The summed E-state index contributed by atoms with van der Waals surface area (Å²) in [6.45, 7) is 1.38. The summed E-state index contributed by atoms with van der Waals surface area (Å²) < 4.78 is 10.3. The Morgan fingerprint density at radius 3 is 2.56 bits per heavy atom. The SMILES string of the molecule is CCc1ccc(OCC(=O)OCC(=O)Nc2ccccc2SCC#N)cc1. The standard InChI is InChI=1S/C20H20N2O4S/c1-2-15-7-9-16(10-8-15)25-14-20(24)26-13-19(23)22-17-5-3-4-6-18(17)27-12-11-21/h3-10H,2,12-14H2,1H3,(H,22,23). The number of carbonyl (C=O) groups is 2. The normalized spacial score (nSPS) is 9.93. The number of esters is 1. The van der Waals surface area contributed by atoms with Crippen LogP contribution in [0.4, 0.5) is 5.69 Å². The molecule has 0 saturated carbocycles. The average molecular weight is 384 g/mol. The van der Waals surface area contributed by atoms with Crippen LogP contribution in [0.2, 0.25) is 0 Å². The Kier molecular flexibility index (Phi) is 8.20. The van der Waals surface area contributed by atoms with Gasteiger partial charge in [0.05, 0.1) is 17.5 Å². The molecule has 0 radical (unpaired) electrons. The quantitative estimate of drug-likeness (QED) is 0.526. The Morgan fingerprint density at radius 1 is 1.11 bits per heavy atom. The molecule has 7 heteroatoms. The van der Waals surface area contributed by atoms with E-state index in [4.69, 9.17) is 14.7 Å². The number of rotatable bonds is 9. The smallest absolute Gasteiger partial charge is 0.344 e. The van der Waals surface area contributed by atoms with E-state index < -0.39 is 18.5 Å². The molecular weight excluding hydrogens is 364 g/mol. The first-order valence-electron chi connectivity index (χ1n) is 8.38. The highest BCUT2D eigenvalue weighted by atomic mass is 32.2. The third kappa shape index (κ3) is 7.04. The molecule has 27 heavy (non-hydrogen) atoms. The first-order valence-corrected chi connectivity index (χ1v) is 9.37. The number of anilines is 1. The molecular formula is C20H20N2O4S. The van der Waals surface area contributed by atoms with Crippen LogP contribution >= 0.6 is 11.8 Å². The second-order valence-electron chi connectivity index (χ2n) is 5.44. The van der Waals surface area contributed by atoms with Crippen LogP contribution in [0.15, 0.2) is 53.4 Å². The molecule has 0 fully saturated rings. The van der Waals surface area contributed by atoms with E-state index in [1.165, 1.54) is 17.3 Å². The van der Waals surface area contributed by atoms with Crippen LogP contribution < -0.4 is 10.1 Å². The molecule has 0 saturated heterocycles. The molecule has 0 bridgehead atoms. The Bertz CT molecular complexity index is 815. The molecule has 0 aromatic heterocycles. The maximum atomic E-state index is 12.0. The monoisotopic (exact) mass is 384 g/mol. The van der Waals surface area contributed by atoms with Gasteiger partial charge in [0.1, 0.15) is 5.75 Å². The minimum atomic E-state index is -0.628. The predicted octanol–water partition coefficient (Wildman–Crippen LogP) is 3.43. The summed E-state index contributed by atoms with van der Waals surface area (Å²) >= 11 is 1.32. The average Bonchev–Trinajstić information content (AvgIpc) is 2.70. The van der Waals surface area contributed by atoms with Crippen molar-refractivity contribution in [1.82, 2.24) is 0 Å². The maximum Gasteiger partial charge on any atom is 0.344 e. The summed E-state index contributed by atoms with van der Waals surface area (Å²) in [7, 11) is 0. The highest BCUT2D eigenvalue weighted by molar-refractivity contribution is 7.99. The van der Waals surface area contributed by atoms with Crippen molar-refractivity contribution in [2.75, 3.05) is 24.3 Å². The van der Waals surface area contributed by atoms with Crippen molar-refractivity contribution >= 4 is 29.3 Å². The largest absolute Gasteiger partial charge is 0.482 e. The number of hydrogen-bond donors (Lipinski definition) is 1. The lowest BCUT2D eigenvalue weighted by Gasteiger charge is -2.10. The van der Waals surface area contributed by atoms with Gasteiger partial charge in [-0.3, -0.25) is 4.79 Å². The van der Waals surface area contributed by atoms with Gasteiger partial charge >= 0.3 is 5.97 Å². The Labute approximate surface area is 162 Å². The first kappa shape index (κ1) is 20.3. The van der Waals surface area contributed by atoms with Crippen LogP contribution in [-0.4, -0.2) is 30.8 Å². The summed E-state index contributed by atoms with van der Waals surface area (Å²) in [4.78, 5) is 24.5. The minimum Gasteiger partial charge on any atom is -0.482 e. The minimum absolute atomic E-state index is 0.270. The Hall–Kier alpha value is -2.98.